The quantitative estimate of drug-likeness (QED) is 0.496. The predicted octanol–water partition coefficient (Wildman–Crippen LogP) is 4.61. The number of carbonyl (C=O) groups excluding carboxylic acids is 1. The van der Waals surface area contributed by atoms with E-state index in [2.05, 4.69) is 4.99 Å². The van der Waals surface area contributed by atoms with Crippen LogP contribution in [0, 0.1) is 0 Å². The Hall–Kier alpha value is -3.66. The molecule has 0 amide bonds. The molecule has 1 aliphatic heterocycles. The van der Waals surface area contributed by atoms with Crippen LogP contribution < -0.4 is 4.74 Å². The Morgan fingerprint density at radius 2 is 1.52 bits per heavy atom. The Morgan fingerprint density at radius 3 is 2.22 bits per heavy atom. The van der Waals surface area contributed by atoms with E-state index in [1.807, 2.05) is 84.9 Å². The van der Waals surface area contributed by atoms with Crippen molar-refractivity contribution in [3.05, 3.63) is 107 Å². The maximum atomic E-state index is 12.1. The SMILES string of the molecule is O=C1OC(c2ccccc2)=NC1=Cc1ccc(OCc2ccccc2)cc1. The Kier molecular flexibility index (Phi) is 4.79. The number of carbonyl (C=O) groups is 1. The molecular weight excluding hydrogens is 338 g/mol. The number of nitrogens with zero attached hydrogens (tertiary/aromatic N) is 1. The lowest BCUT2D eigenvalue weighted by Gasteiger charge is -2.06. The summed E-state index contributed by atoms with van der Waals surface area (Å²) in [5.41, 5.74) is 3.03. The smallest absolute Gasteiger partial charge is 0.363 e. The van der Waals surface area contributed by atoms with Crippen molar-refractivity contribution in [1.82, 2.24) is 0 Å². The Bertz CT molecular complexity index is 991. The zero-order valence-corrected chi connectivity index (χ0v) is 14.5. The fourth-order valence-corrected chi connectivity index (χ4v) is 2.67. The van der Waals surface area contributed by atoms with E-state index in [4.69, 9.17) is 9.47 Å². The van der Waals surface area contributed by atoms with Crippen molar-refractivity contribution in [3.63, 3.8) is 0 Å². The fraction of sp³-hybridized carbons (Fsp3) is 0.0435. The van der Waals surface area contributed by atoms with Gasteiger partial charge in [0.25, 0.3) is 0 Å². The molecule has 4 nitrogen and oxygen atoms in total. The van der Waals surface area contributed by atoms with Gasteiger partial charge in [0.2, 0.25) is 5.90 Å². The van der Waals surface area contributed by atoms with E-state index in [0.29, 0.717) is 12.5 Å². The van der Waals surface area contributed by atoms with Gasteiger partial charge < -0.3 is 9.47 Å². The largest absolute Gasteiger partial charge is 0.489 e. The highest BCUT2D eigenvalue weighted by atomic mass is 16.6. The molecule has 4 heteroatoms. The second-order valence-electron chi connectivity index (χ2n) is 6.05. The van der Waals surface area contributed by atoms with Gasteiger partial charge in [0.1, 0.15) is 12.4 Å². The molecule has 1 heterocycles. The van der Waals surface area contributed by atoms with E-state index < -0.39 is 5.97 Å². The predicted molar refractivity (Wildman–Crippen MR) is 104 cm³/mol. The summed E-state index contributed by atoms with van der Waals surface area (Å²) in [7, 11) is 0. The van der Waals surface area contributed by atoms with Crippen LogP contribution in [0.15, 0.2) is 95.6 Å². The summed E-state index contributed by atoms with van der Waals surface area (Å²) in [6, 6.07) is 26.9. The average Bonchev–Trinajstić information content (AvgIpc) is 3.09. The van der Waals surface area contributed by atoms with E-state index in [9.17, 15) is 4.79 Å². The van der Waals surface area contributed by atoms with Gasteiger partial charge >= 0.3 is 5.97 Å². The fourth-order valence-electron chi connectivity index (χ4n) is 2.67. The van der Waals surface area contributed by atoms with Gasteiger partial charge in [0.15, 0.2) is 5.70 Å². The molecule has 0 saturated heterocycles. The lowest BCUT2D eigenvalue weighted by molar-refractivity contribution is -0.129. The number of aliphatic imine (C=N–C) groups is 1. The van der Waals surface area contributed by atoms with Gasteiger partial charge in [-0.1, -0.05) is 60.7 Å². The number of ether oxygens (including phenoxy) is 2. The van der Waals surface area contributed by atoms with E-state index in [1.165, 1.54) is 0 Å². The molecule has 0 spiro atoms. The maximum absolute atomic E-state index is 12.1. The van der Waals surface area contributed by atoms with Crippen molar-refractivity contribution < 1.29 is 14.3 Å². The minimum Gasteiger partial charge on any atom is -0.489 e. The van der Waals surface area contributed by atoms with E-state index >= 15 is 0 Å². The van der Waals surface area contributed by atoms with Crippen LogP contribution in [0.25, 0.3) is 6.08 Å². The molecule has 0 N–H and O–H groups in total. The molecule has 0 atom stereocenters. The van der Waals surface area contributed by atoms with Gasteiger partial charge in [0.05, 0.1) is 0 Å². The van der Waals surface area contributed by atoms with Gasteiger partial charge in [0, 0.05) is 5.56 Å². The Balaban J connectivity index is 1.46. The van der Waals surface area contributed by atoms with Gasteiger partial charge in [-0.05, 0) is 41.5 Å². The summed E-state index contributed by atoms with van der Waals surface area (Å²) in [6.07, 6.45) is 1.71. The molecule has 0 radical (unpaired) electrons. The molecule has 0 unspecified atom stereocenters. The number of hydrogen-bond donors (Lipinski definition) is 0. The molecule has 0 bridgehead atoms. The minimum absolute atomic E-state index is 0.284. The summed E-state index contributed by atoms with van der Waals surface area (Å²) in [4.78, 5) is 16.4. The van der Waals surface area contributed by atoms with E-state index in [-0.39, 0.29) is 5.70 Å². The first-order valence-corrected chi connectivity index (χ1v) is 8.63. The standard InChI is InChI=1S/C23H17NO3/c25-23-21(24-22(27-23)19-9-5-2-6-10-19)15-17-11-13-20(14-12-17)26-16-18-7-3-1-4-8-18/h1-15H,16H2. The number of rotatable bonds is 5. The third-order valence-corrected chi connectivity index (χ3v) is 4.07. The lowest BCUT2D eigenvalue weighted by atomic mass is 10.2. The summed E-state index contributed by atoms with van der Waals surface area (Å²) in [6.45, 7) is 0.512. The molecule has 4 rings (SSSR count). The molecule has 0 aliphatic carbocycles. The summed E-state index contributed by atoms with van der Waals surface area (Å²) in [5, 5.41) is 0. The zero-order chi connectivity index (χ0) is 18.5. The monoisotopic (exact) mass is 355 g/mol. The number of hydrogen-bond acceptors (Lipinski definition) is 4. The number of cyclic esters (lactones) is 1. The molecule has 0 fully saturated rings. The minimum atomic E-state index is -0.446. The highest BCUT2D eigenvalue weighted by Gasteiger charge is 2.23. The van der Waals surface area contributed by atoms with Gasteiger partial charge in [-0.2, -0.15) is 0 Å². The topological polar surface area (TPSA) is 47.9 Å². The molecule has 3 aromatic carbocycles. The molecule has 0 aromatic heterocycles. The van der Waals surface area contributed by atoms with Crippen molar-refractivity contribution in [2.24, 2.45) is 4.99 Å². The highest BCUT2D eigenvalue weighted by molar-refractivity contribution is 6.12. The number of benzene rings is 3. The Labute approximate surface area is 157 Å². The average molecular weight is 355 g/mol. The van der Waals surface area contributed by atoms with Crippen LogP contribution >= 0.6 is 0 Å². The Morgan fingerprint density at radius 1 is 0.852 bits per heavy atom. The summed E-state index contributed by atoms with van der Waals surface area (Å²) < 4.78 is 11.0. The zero-order valence-electron chi connectivity index (χ0n) is 14.5. The molecule has 27 heavy (non-hydrogen) atoms. The van der Waals surface area contributed by atoms with Crippen molar-refractivity contribution in [1.29, 1.82) is 0 Å². The van der Waals surface area contributed by atoms with E-state index in [1.54, 1.807) is 6.08 Å². The van der Waals surface area contributed by atoms with Crippen LogP contribution in [0.3, 0.4) is 0 Å². The van der Waals surface area contributed by atoms with Crippen LogP contribution in [0.4, 0.5) is 0 Å². The first-order valence-electron chi connectivity index (χ1n) is 8.63. The summed E-state index contributed by atoms with van der Waals surface area (Å²) >= 11 is 0. The maximum Gasteiger partial charge on any atom is 0.363 e. The van der Waals surface area contributed by atoms with Crippen LogP contribution in [0.5, 0.6) is 5.75 Å². The van der Waals surface area contributed by atoms with Crippen LogP contribution in [-0.2, 0) is 16.1 Å². The first kappa shape index (κ1) is 16.8. The third-order valence-electron chi connectivity index (χ3n) is 4.07. The van der Waals surface area contributed by atoms with Gasteiger partial charge in [-0.15, -0.1) is 0 Å². The molecule has 132 valence electrons. The van der Waals surface area contributed by atoms with Crippen LogP contribution in [0.1, 0.15) is 16.7 Å². The van der Waals surface area contributed by atoms with E-state index in [0.717, 1.165) is 22.4 Å². The molecular formula is C23H17NO3. The van der Waals surface area contributed by atoms with Crippen molar-refractivity contribution in [2.75, 3.05) is 0 Å². The second kappa shape index (κ2) is 7.70. The van der Waals surface area contributed by atoms with Crippen LogP contribution in [0.2, 0.25) is 0 Å². The second-order valence-corrected chi connectivity index (χ2v) is 6.05. The highest BCUT2D eigenvalue weighted by Crippen LogP contribution is 2.21. The third kappa shape index (κ3) is 4.12. The molecule has 3 aromatic rings. The normalized spacial score (nSPS) is 14.7. The van der Waals surface area contributed by atoms with Crippen LogP contribution in [-0.4, -0.2) is 11.9 Å². The van der Waals surface area contributed by atoms with Gasteiger partial charge in [-0.3, -0.25) is 0 Å². The summed E-state index contributed by atoms with van der Waals surface area (Å²) in [5.74, 6) is 0.649. The van der Waals surface area contributed by atoms with Crippen molar-refractivity contribution >= 4 is 17.9 Å². The molecule has 1 aliphatic rings. The lowest BCUT2D eigenvalue weighted by Crippen LogP contribution is -2.04. The van der Waals surface area contributed by atoms with Crippen molar-refractivity contribution in [2.45, 2.75) is 6.61 Å². The molecule has 0 saturated carbocycles. The number of esters is 1. The first-order chi connectivity index (χ1) is 13.3. The van der Waals surface area contributed by atoms with Gasteiger partial charge in [-0.25, -0.2) is 9.79 Å². The van der Waals surface area contributed by atoms with Crippen molar-refractivity contribution in [3.8, 4) is 5.75 Å².